The SMILES string of the molecule is C=C(C[C@@H](F)C(=O)OC)C(=O)OC. The second kappa shape index (κ2) is 5.29. The third-order valence-corrected chi connectivity index (χ3v) is 1.36. The van der Waals surface area contributed by atoms with Gasteiger partial charge in [-0.15, -0.1) is 0 Å². The highest BCUT2D eigenvalue weighted by molar-refractivity contribution is 5.89. The molecule has 1 atom stereocenters. The van der Waals surface area contributed by atoms with Crippen molar-refractivity contribution in [3.05, 3.63) is 12.2 Å². The number of methoxy groups -OCH3 is 2. The highest BCUT2D eigenvalue weighted by Crippen LogP contribution is 2.09. The van der Waals surface area contributed by atoms with Crippen LogP contribution < -0.4 is 0 Å². The van der Waals surface area contributed by atoms with Crippen molar-refractivity contribution in [2.24, 2.45) is 0 Å². The highest BCUT2D eigenvalue weighted by Gasteiger charge is 2.21. The Morgan fingerprint density at radius 1 is 1.38 bits per heavy atom. The predicted octanol–water partition coefficient (Wildman–Crippen LogP) is 0.617. The summed E-state index contributed by atoms with van der Waals surface area (Å²) in [6.45, 7) is 3.26. The minimum absolute atomic E-state index is 0.0969. The molecule has 0 aromatic heterocycles. The summed E-state index contributed by atoms with van der Waals surface area (Å²) in [5.41, 5.74) is -0.0969. The number of rotatable bonds is 4. The third kappa shape index (κ3) is 3.68. The van der Waals surface area contributed by atoms with Crippen molar-refractivity contribution in [3.8, 4) is 0 Å². The molecule has 0 bridgehead atoms. The van der Waals surface area contributed by atoms with E-state index < -0.39 is 24.5 Å². The van der Waals surface area contributed by atoms with Crippen LogP contribution in [0.25, 0.3) is 0 Å². The summed E-state index contributed by atoms with van der Waals surface area (Å²) in [4.78, 5) is 21.3. The van der Waals surface area contributed by atoms with Gasteiger partial charge in [-0.1, -0.05) is 6.58 Å². The molecule has 74 valence electrons. The van der Waals surface area contributed by atoms with E-state index in [1.54, 1.807) is 0 Å². The number of hydrogen-bond acceptors (Lipinski definition) is 4. The van der Waals surface area contributed by atoms with Gasteiger partial charge in [0, 0.05) is 12.0 Å². The van der Waals surface area contributed by atoms with Gasteiger partial charge in [0.05, 0.1) is 14.2 Å². The summed E-state index contributed by atoms with van der Waals surface area (Å²) in [5.74, 6) is -1.75. The number of esters is 2. The number of halogens is 1. The molecule has 0 radical (unpaired) electrons. The summed E-state index contributed by atoms with van der Waals surface area (Å²) in [6.07, 6.45) is -2.27. The van der Waals surface area contributed by atoms with Crippen molar-refractivity contribution >= 4 is 11.9 Å². The van der Waals surface area contributed by atoms with E-state index in [0.717, 1.165) is 14.2 Å². The quantitative estimate of drug-likeness (QED) is 0.481. The van der Waals surface area contributed by atoms with Gasteiger partial charge >= 0.3 is 11.9 Å². The van der Waals surface area contributed by atoms with Crippen LogP contribution in [0.15, 0.2) is 12.2 Å². The first-order valence-electron chi connectivity index (χ1n) is 3.51. The van der Waals surface area contributed by atoms with Crippen LogP contribution in [-0.2, 0) is 19.1 Å². The molecule has 0 aliphatic carbocycles. The molecule has 0 aliphatic heterocycles. The highest BCUT2D eigenvalue weighted by atomic mass is 19.1. The van der Waals surface area contributed by atoms with E-state index in [2.05, 4.69) is 16.1 Å². The zero-order valence-electron chi connectivity index (χ0n) is 7.50. The van der Waals surface area contributed by atoms with Crippen molar-refractivity contribution in [2.75, 3.05) is 14.2 Å². The molecule has 0 N–H and O–H groups in total. The lowest BCUT2D eigenvalue weighted by Crippen LogP contribution is -2.20. The van der Waals surface area contributed by atoms with Gasteiger partial charge in [0.25, 0.3) is 0 Å². The molecule has 0 heterocycles. The Labute approximate surface area is 75.3 Å². The van der Waals surface area contributed by atoms with Crippen LogP contribution in [0.3, 0.4) is 0 Å². The number of carbonyl (C=O) groups is 2. The Kier molecular flexibility index (Phi) is 4.72. The number of ether oxygens (including phenoxy) is 2. The van der Waals surface area contributed by atoms with Gasteiger partial charge in [0.15, 0.2) is 0 Å². The van der Waals surface area contributed by atoms with Crippen LogP contribution in [0.2, 0.25) is 0 Å². The lowest BCUT2D eigenvalue weighted by molar-refractivity contribution is -0.146. The van der Waals surface area contributed by atoms with Crippen molar-refractivity contribution in [3.63, 3.8) is 0 Å². The molecule has 0 saturated carbocycles. The van der Waals surface area contributed by atoms with Gasteiger partial charge in [0.2, 0.25) is 6.17 Å². The topological polar surface area (TPSA) is 52.6 Å². The summed E-state index contributed by atoms with van der Waals surface area (Å²) in [6, 6.07) is 0. The minimum Gasteiger partial charge on any atom is -0.467 e. The maximum atomic E-state index is 12.8. The fourth-order valence-corrected chi connectivity index (χ4v) is 0.655. The van der Waals surface area contributed by atoms with E-state index in [1.807, 2.05) is 0 Å². The fraction of sp³-hybridized carbons (Fsp3) is 0.500. The normalized spacial score (nSPS) is 11.6. The zero-order valence-corrected chi connectivity index (χ0v) is 7.50. The molecule has 0 spiro atoms. The lowest BCUT2D eigenvalue weighted by Gasteiger charge is -2.06. The summed E-state index contributed by atoms with van der Waals surface area (Å²) in [5, 5.41) is 0. The molecule has 13 heavy (non-hydrogen) atoms. The van der Waals surface area contributed by atoms with Crippen molar-refractivity contribution < 1.29 is 23.5 Å². The Bertz CT molecular complexity index is 224. The van der Waals surface area contributed by atoms with Crippen molar-refractivity contribution in [1.82, 2.24) is 0 Å². The van der Waals surface area contributed by atoms with Gasteiger partial charge in [-0.25, -0.2) is 14.0 Å². The second-order valence-corrected chi connectivity index (χ2v) is 2.29. The maximum Gasteiger partial charge on any atom is 0.340 e. The minimum atomic E-state index is -1.86. The molecule has 0 unspecified atom stereocenters. The summed E-state index contributed by atoms with van der Waals surface area (Å²) < 4.78 is 21.2. The van der Waals surface area contributed by atoms with Gasteiger partial charge in [-0.05, 0) is 0 Å². The van der Waals surface area contributed by atoms with E-state index in [0.29, 0.717) is 0 Å². The first-order valence-corrected chi connectivity index (χ1v) is 3.51. The average molecular weight is 190 g/mol. The van der Waals surface area contributed by atoms with Crippen LogP contribution in [0, 0.1) is 0 Å². The number of hydrogen-bond donors (Lipinski definition) is 0. The Morgan fingerprint density at radius 3 is 2.31 bits per heavy atom. The summed E-state index contributed by atoms with van der Waals surface area (Å²) >= 11 is 0. The zero-order chi connectivity index (χ0) is 10.4. The molecule has 0 fully saturated rings. The molecule has 4 nitrogen and oxygen atoms in total. The van der Waals surface area contributed by atoms with E-state index in [9.17, 15) is 14.0 Å². The van der Waals surface area contributed by atoms with Gasteiger partial charge in [-0.2, -0.15) is 0 Å². The Balaban J connectivity index is 4.06. The molecule has 5 heteroatoms. The molecule has 0 saturated heterocycles. The third-order valence-electron chi connectivity index (χ3n) is 1.36. The van der Waals surface area contributed by atoms with E-state index in [-0.39, 0.29) is 5.57 Å². The molecule has 0 aromatic carbocycles. The molecular formula is C8H11FO4. The largest absolute Gasteiger partial charge is 0.467 e. The number of carbonyl (C=O) groups excluding carboxylic acids is 2. The Morgan fingerprint density at radius 2 is 1.92 bits per heavy atom. The Hall–Kier alpha value is -1.39. The predicted molar refractivity (Wildman–Crippen MR) is 42.7 cm³/mol. The standard InChI is InChI=1S/C8H11FO4/c1-5(7(10)12-2)4-6(9)8(11)13-3/h6H,1,4H2,2-3H3/t6-/m1/s1. The first kappa shape index (κ1) is 11.6. The average Bonchev–Trinajstić information content (AvgIpc) is 2.14. The van der Waals surface area contributed by atoms with E-state index in [1.165, 1.54) is 0 Å². The van der Waals surface area contributed by atoms with Crippen LogP contribution in [0.5, 0.6) is 0 Å². The van der Waals surface area contributed by atoms with Crippen LogP contribution in [-0.4, -0.2) is 32.3 Å². The van der Waals surface area contributed by atoms with Gasteiger partial charge in [-0.3, -0.25) is 0 Å². The van der Waals surface area contributed by atoms with Crippen LogP contribution in [0.4, 0.5) is 4.39 Å². The smallest absolute Gasteiger partial charge is 0.340 e. The molecule has 0 aromatic rings. The van der Waals surface area contributed by atoms with Crippen molar-refractivity contribution in [1.29, 1.82) is 0 Å². The monoisotopic (exact) mass is 190 g/mol. The molecule has 0 aliphatic rings. The van der Waals surface area contributed by atoms with Crippen LogP contribution >= 0.6 is 0 Å². The van der Waals surface area contributed by atoms with Gasteiger partial charge in [0.1, 0.15) is 0 Å². The maximum absolute atomic E-state index is 12.8. The van der Waals surface area contributed by atoms with E-state index >= 15 is 0 Å². The van der Waals surface area contributed by atoms with Crippen LogP contribution in [0.1, 0.15) is 6.42 Å². The number of alkyl halides is 1. The van der Waals surface area contributed by atoms with Gasteiger partial charge < -0.3 is 9.47 Å². The second-order valence-electron chi connectivity index (χ2n) is 2.29. The lowest BCUT2D eigenvalue weighted by atomic mass is 10.1. The van der Waals surface area contributed by atoms with Crippen molar-refractivity contribution in [2.45, 2.75) is 12.6 Å². The fourth-order valence-electron chi connectivity index (χ4n) is 0.655. The molecular weight excluding hydrogens is 179 g/mol. The first-order chi connectivity index (χ1) is 6.02. The molecule has 0 rings (SSSR count). The van der Waals surface area contributed by atoms with E-state index in [4.69, 9.17) is 0 Å². The molecule has 0 amide bonds. The summed E-state index contributed by atoms with van der Waals surface area (Å²) in [7, 11) is 2.22.